The maximum absolute atomic E-state index is 12.0. The summed E-state index contributed by atoms with van der Waals surface area (Å²) in [4.78, 5) is 20.6. The second kappa shape index (κ2) is 13.6. The molecule has 0 aliphatic rings. The molecule has 3 N–H and O–H groups in total. The van der Waals surface area contributed by atoms with Crippen LogP contribution in [-0.4, -0.2) is 43.0 Å². The smallest absolute Gasteiger partial charge is 0.251 e. The summed E-state index contributed by atoms with van der Waals surface area (Å²) in [5.41, 5.74) is 1.66. The van der Waals surface area contributed by atoms with Gasteiger partial charge < -0.3 is 16.0 Å². The molecular formula is C19H24Cl2IN5O. The lowest BCUT2D eigenvalue weighted by atomic mass is 10.2. The highest BCUT2D eigenvalue weighted by Crippen LogP contribution is 2.09. The first kappa shape index (κ1) is 24.5. The summed E-state index contributed by atoms with van der Waals surface area (Å²) < 4.78 is 0. The minimum Gasteiger partial charge on any atom is -0.357 e. The van der Waals surface area contributed by atoms with Crippen LogP contribution >= 0.6 is 47.2 Å². The monoisotopic (exact) mass is 535 g/mol. The summed E-state index contributed by atoms with van der Waals surface area (Å²) in [6.45, 7) is 4.42. The molecule has 0 spiro atoms. The summed E-state index contributed by atoms with van der Waals surface area (Å²) in [7, 11) is 0. The van der Waals surface area contributed by atoms with Crippen LogP contribution in [0.15, 0.2) is 47.6 Å². The zero-order chi connectivity index (χ0) is 19.5. The molecule has 0 aliphatic heterocycles. The normalized spacial score (nSPS) is 10.8. The first-order valence-electron chi connectivity index (χ1n) is 8.75. The molecule has 2 aromatic rings. The maximum atomic E-state index is 12.0. The number of hydrogen-bond donors (Lipinski definition) is 3. The molecule has 9 heteroatoms. The molecule has 1 aromatic carbocycles. The Bertz CT molecular complexity index is 754. The number of benzene rings is 1. The van der Waals surface area contributed by atoms with Crippen molar-refractivity contribution >= 4 is 59.0 Å². The summed E-state index contributed by atoms with van der Waals surface area (Å²) in [6.07, 6.45) is 2.53. The van der Waals surface area contributed by atoms with Gasteiger partial charge in [-0.05, 0) is 49.2 Å². The molecule has 0 bridgehead atoms. The van der Waals surface area contributed by atoms with Crippen molar-refractivity contribution in [2.24, 2.45) is 4.99 Å². The highest BCUT2D eigenvalue weighted by molar-refractivity contribution is 14.0. The SMILES string of the molecule is CCNC(=NCCc1ccc(Cl)nc1)NCCNC(=O)c1ccc(Cl)cc1.I. The highest BCUT2D eigenvalue weighted by Gasteiger charge is 2.04. The molecule has 1 amide bonds. The summed E-state index contributed by atoms with van der Waals surface area (Å²) in [5, 5.41) is 10.3. The Morgan fingerprint density at radius 2 is 1.75 bits per heavy atom. The van der Waals surface area contributed by atoms with Gasteiger partial charge in [0.25, 0.3) is 5.91 Å². The van der Waals surface area contributed by atoms with Gasteiger partial charge >= 0.3 is 0 Å². The second-order valence-corrected chi connectivity index (χ2v) is 6.51. The van der Waals surface area contributed by atoms with Crippen molar-refractivity contribution < 1.29 is 4.79 Å². The van der Waals surface area contributed by atoms with Crippen LogP contribution in [0.1, 0.15) is 22.8 Å². The summed E-state index contributed by atoms with van der Waals surface area (Å²) in [5.74, 6) is 0.575. The van der Waals surface area contributed by atoms with E-state index in [0.717, 1.165) is 18.5 Å². The molecule has 152 valence electrons. The fraction of sp³-hybridized carbons (Fsp3) is 0.316. The lowest BCUT2D eigenvalue weighted by Crippen LogP contribution is -2.41. The molecule has 0 unspecified atom stereocenters. The van der Waals surface area contributed by atoms with E-state index in [1.54, 1.807) is 36.5 Å². The zero-order valence-electron chi connectivity index (χ0n) is 15.5. The van der Waals surface area contributed by atoms with Crippen molar-refractivity contribution in [2.45, 2.75) is 13.3 Å². The maximum Gasteiger partial charge on any atom is 0.251 e. The number of aromatic nitrogens is 1. The van der Waals surface area contributed by atoms with Gasteiger partial charge in [0, 0.05) is 43.0 Å². The Labute approximate surface area is 192 Å². The van der Waals surface area contributed by atoms with Gasteiger partial charge in [-0.2, -0.15) is 0 Å². The van der Waals surface area contributed by atoms with Crippen LogP contribution in [0.25, 0.3) is 0 Å². The number of hydrogen-bond acceptors (Lipinski definition) is 3. The van der Waals surface area contributed by atoms with E-state index in [1.165, 1.54) is 0 Å². The van der Waals surface area contributed by atoms with Crippen LogP contribution < -0.4 is 16.0 Å². The largest absolute Gasteiger partial charge is 0.357 e. The quantitative estimate of drug-likeness (QED) is 0.159. The Hall–Kier alpha value is -1.58. The van der Waals surface area contributed by atoms with Gasteiger partial charge in [0.05, 0.1) is 0 Å². The van der Waals surface area contributed by atoms with Gasteiger partial charge in [-0.15, -0.1) is 24.0 Å². The minimum absolute atomic E-state index is 0. The Kier molecular flexibility index (Phi) is 11.9. The van der Waals surface area contributed by atoms with E-state index in [0.29, 0.717) is 41.3 Å². The number of rotatable bonds is 8. The third kappa shape index (κ3) is 9.07. The Morgan fingerprint density at radius 1 is 1.04 bits per heavy atom. The Morgan fingerprint density at radius 3 is 2.39 bits per heavy atom. The fourth-order valence-electron chi connectivity index (χ4n) is 2.25. The van der Waals surface area contributed by atoms with Crippen molar-refractivity contribution in [2.75, 3.05) is 26.2 Å². The van der Waals surface area contributed by atoms with Gasteiger partial charge in [-0.3, -0.25) is 9.79 Å². The first-order chi connectivity index (χ1) is 13.1. The van der Waals surface area contributed by atoms with E-state index in [4.69, 9.17) is 23.2 Å². The first-order valence-corrected chi connectivity index (χ1v) is 9.50. The molecule has 1 heterocycles. The van der Waals surface area contributed by atoms with Crippen LogP contribution in [0.2, 0.25) is 10.2 Å². The van der Waals surface area contributed by atoms with Crippen molar-refractivity contribution in [3.05, 3.63) is 63.9 Å². The van der Waals surface area contributed by atoms with Gasteiger partial charge in [0.15, 0.2) is 5.96 Å². The number of pyridine rings is 1. The Balaban J connectivity index is 0.00000392. The van der Waals surface area contributed by atoms with E-state index in [1.807, 2.05) is 13.0 Å². The van der Waals surface area contributed by atoms with Gasteiger partial charge in [-0.1, -0.05) is 29.3 Å². The van der Waals surface area contributed by atoms with Crippen LogP contribution in [-0.2, 0) is 6.42 Å². The van der Waals surface area contributed by atoms with Crippen LogP contribution in [0.4, 0.5) is 0 Å². The van der Waals surface area contributed by atoms with Crippen LogP contribution in [0.5, 0.6) is 0 Å². The van der Waals surface area contributed by atoms with E-state index < -0.39 is 0 Å². The van der Waals surface area contributed by atoms with Gasteiger partial charge in [0.2, 0.25) is 0 Å². The van der Waals surface area contributed by atoms with Crippen molar-refractivity contribution in [1.29, 1.82) is 0 Å². The van der Waals surface area contributed by atoms with Crippen molar-refractivity contribution in [1.82, 2.24) is 20.9 Å². The van der Waals surface area contributed by atoms with Gasteiger partial charge in [-0.25, -0.2) is 4.98 Å². The number of carbonyl (C=O) groups is 1. The predicted octanol–water partition coefficient (Wildman–Crippen LogP) is 3.53. The number of aliphatic imine (C=N–C) groups is 1. The number of nitrogens with one attached hydrogen (secondary N) is 3. The molecule has 28 heavy (non-hydrogen) atoms. The number of halogens is 3. The van der Waals surface area contributed by atoms with E-state index in [-0.39, 0.29) is 29.9 Å². The molecular weight excluding hydrogens is 512 g/mol. The molecule has 0 radical (unpaired) electrons. The van der Waals surface area contributed by atoms with E-state index >= 15 is 0 Å². The molecule has 1 aromatic heterocycles. The minimum atomic E-state index is -0.134. The van der Waals surface area contributed by atoms with Crippen LogP contribution in [0, 0.1) is 0 Å². The molecule has 0 fully saturated rings. The van der Waals surface area contributed by atoms with Crippen molar-refractivity contribution in [3.8, 4) is 0 Å². The summed E-state index contributed by atoms with van der Waals surface area (Å²) in [6, 6.07) is 10.5. The lowest BCUT2D eigenvalue weighted by molar-refractivity contribution is 0.0954. The average molecular weight is 536 g/mol. The molecule has 6 nitrogen and oxygen atoms in total. The molecule has 0 atom stereocenters. The predicted molar refractivity (Wildman–Crippen MR) is 126 cm³/mol. The third-order valence-corrected chi connectivity index (χ3v) is 4.09. The van der Waals surface area contributed by atoms with Gasteiger partial charge in [0.1, 0.15) is 5.15 Å². The summed E-state index contributed by atoms with van der Waals surface area (Å²) >= 11 is 11.6. The molecule has 0 aliphatic carbocycles. The molecule has 2 rings (SSSR count). The lowest BCUT2D eigenvalue weighted by Gasteiger charge is -2.12. The topological polar surface area (TPSA) is 78.4 Å². The zero-order valence-corrected chi connectivity index (χ0v) is 19.4. The van der Waals surface area contributed by atoms with E-state index in [9.17, 15) is 4.79 Å². The number of nitrogens with zero attached hydrogens (tertiary/aromatic N) is 2. The van der Waals surface area contributed by atoms with E-state index in [2.05, 4.69) is 25.9 Å². The number of amides is 1. The average Bonchev–Trinajstić information content (AvgIpc) is 2.67. The fourth-order valence-corrected chi connectivity index (χ4v) is 2.49. The molecule has 0 saturated heterocycles. The highest BCUT2D eigenvalue weighted by atomic mass is 127. The number of guanidine groups is 1. The van der Waals surface area contributed by atoms with Crippen molar-refractivity contribution in [3.63, 3.8) is 0 Å². The molecule has 0 saturated carbocycles. The second-order valence-electron chi connectivity index (χ2n) is 5.69. The third-order valence-electron chi connectivity index (χ3n) is 3.61. The standard InChI is InChI=1S/C19H23Cl2N5O.HI/c1-2-22-19(24-10-9-14-3-8-17(21)26-13-14)25-12-11-23-18(27)15-4-6-16(20)7-5-15;/h3-8,13H,2,9-12H2,1H3,(H,23,27)(H2,22,24,25);1H. The van der Waals surface area contributed by atoms with Crippen LogP contribution in [0.3, 0.4) is 0 Å². The number of carbonyl (C=O) groups excluding carboxylic acids is 1.